The highest BCUT2D eigenvalue weighted by Gasteiger charge is 2.12. The van der Waals surface area contributed by atoms with Crippen LogP contribution in [0, 0.1) is 0 Å². The number of carbonyl (C=O) groups excluding carboxylic acids is 1. The number of carbonyl (C=O) groups is 1. The second-order valence-electron chi connectivity index (χ2n) is 6.04. The highest BCUT2D eigenvalue weighted by atomic mass is 16.2. The van der Waals surface area contributed by atoms with Crippen LogP contribution in [0.2, 0.25) is 0 Å². The predicted octanol–water partition coefficient (Wildman–Crippen LogP) is 3.56. The number of pyridine rings is 1. The van der Waals surface area contributed by atoms with E-state index in [4.69, 9.17) is 0 Å². The van der Waals surface area contributed by atoms with Gasteiger partial charge < -0.3 is 10.2 Å². The molecule has 0 spiro atoms. The van der Waals surface area contributed by atoms with Gasteiger partial charge in [-0.2, -0.15) is 5.10 Å². The first-order chi connectivity index (χ1) is 12.1. The SMILES string of the molecule is CN(C)C(=O)c1cccc2cc(Nc3n[nH]c4cccnc34)ccc12. The zero-order valence-corrected chi connectivity index (χ0v) is 13.9. The maximum absolute atomic E-state index is 12.3. The number of aromatic nitrogens is 3. The maximum Gasteiger partial charge on any atom is 0.253 e. The van der Waals surface area contributed by atoms with Gasteiger partial charge in [0.05, 0.1) is 5.52 Å². The van der Waals surface area contributed by atoms with E-state index in [1.165, 1.54) is 0 Å². The summed E-state index contributed by atoms with van der Waals surface area (Å²) in [5, 5.41) is 12.4. The third-order valence-electron chi connectivity index (χ3n) is 4.10. The van der Waals surface area contributed by atoms with Crippen molar-refractivity contribution < 1.29 is 4.79 Å². The molecule has 2 heterocycles. The number of rotatable bonds is 3. The first-order valence-electron chi connectivity index (χ1n) is 7.94. The second-order valence-corrected chi connectivity index (χ2v) is 6.04. The molecule has 6 nitrogen and oxygen atoms in total. The number of benzene rings is 2. The van der Waals surface area contributed by atoms with E-state index < -0.39 is 0 Å². The van der Waals surface area contributed by atoms with Crippen LogP contribution in [-0.2, 0) is 0 Å². The van der Waals surface area contributed by atoms with Gasteiger partial charge >= 0.3 is 0 Å². The van der Waals surface area contributed by atoms with Crippen molar-refractivity contribution in [3.05, 3.63) is 60.3 Å². The third-order valence-corrected chi connectivity index (χ3v) is 4.10. The molecule has 124 valence electrons. The average Bonchev–Trinajstić information content (AvgIpc) is 3.03. The molecule has 0 aliphatic carbocycles. The van der Waals surface area contributed by atoms with Gasteiger partial charge in [-0.25, -0.2) is 0 Å². The van der Waals surface area contributed by atoms with Crippen molar-refractivity contribution in [2.75, 3.05) is 19.4 Å². The first-order valence-corrected chi connectivity index (χ1v) is 7.94. The van der Waals surface area contributed by atoms with Gasteiger partial charge in [-0.1, -0.05) is 18.2 Å². The van der Waals surface area contributed by atoms with Crippen molar-refractivity contribution in [3.63, 3.8) is 0 Å². The van der Waals surface area contributed by atoms with Crippen molar-refractivity contribution in [1.29, 1.82) is 0 Å². The summed E-state index contributed by atoms with van der Waals surface area (Å²) in [7, 11) is 3.51. The quantitative estimate of drug-likeness (QED) is 0.602. The Morgan fingerprint density at radius 2 is 2.00 bits per heavy atom. The van der Waals surface area contributed by atoms with Gasteiger partial charge in [0.15, 0.2) is 5.82 Å². The van der Waals surface area contributed by atoms with Crippen LogP contribution < -0.4 is 5.32 Å². The van der Waals surface area contributed by atoms with Crippen LogP contribution in [0.1, 0.15) is 10.4 Å². The van der Waals surface area contributed by atoms with Crippen LogP contribution in [0.15, 0.2) is 54.7 Å². The Labute approximate surface area is 144 Å². The summed E-state index contributed by atoms with van der Waals surface area (Å²) in [6.07, 6.45) is 1.74. The smallest absolute Gasteiger partial charge is 0.253 e. The molecule has 2 aromatic carbocycles. The summed E-state index contributed by atoms with van der Waals surface area (Å²) in [4.78, 5) is 18.3. The lowest BCUT2D eigenvalue weighted by Crippen LogP contribution is -2.21. The predicted molar refractivity (Wildman–Crippen MR) is 99.1 cm³/mol. The topological polar surface area (TPSA) is 73.9 Å². The second kappa shape index (κ2) is 5.90. The zero-order valence-electron chi connectivity index (χ0n) is 13.9. The van der Waals surface area contributed by atoms with E-state index in [2.05, 4.69) is 20.5 Å². The normalized spacial score (nSPS) is 11.0. The lowest BCUT2D eigenvalue weighted by molar-refractivity contribution is 0.0829. The van der Waals surface area contributed by atoms with Gasteiger partial charge in [0.1, 0.15) is 5.52 Å². The highest BCUT2D eigenvalue weighted by molar-refractivity contribution is 6.07. The minimum absolute atomic E-state index is 0.00574. The number of nitrogens with zero attached hydrogens (tertiary/aromatic N) is 3. The van der Waals surface area contributed by atoms with E-state index >= 15 is 0 Å². The standard InChI is InChI=1S/C19H17N5O/c1-24(2)19(25)15-6-3-5-12-11-13(8-9-14(12)15)21-18-17-16(22-23-18)7-4-10-20-17/h3-11H,1-2H3,(H2,21,22,23). The minimum atomic E-state index is -0.00574. The summed E-state index contributed by atoms with van der Waals surface area (Å²) in [6.45, 7) is 0. The Hall–Kier alpha value is -3.41. The fourth-order valence-electron chi connectivity index (χ4n) is 2.87. The molecular formula is C19H17N5O. The Bertz CT molecular complexity index is 1080. The fraction of sp³-hybridized carbons (Fsp3) is 0.105. The van der Waals surface area contributed by atoms with Crippen molar-refractivity contribution in [3.8, 4) is 0 Å². The zero-order chi connectivity index (χ0) is 17.4. The molecule has 2 N–H and O–H groups in total. The molecule has 25 heavy (non-hydrogen) atoms. The Balaban J connectivity index is 1.73. The summed E-state index contributed by atoms with van der Waals surface area (Å²) in [5.74, 6) is 0.671. The number of aromatic amines is 1. The number of hydrogen-bond donors (Lipinski definition) is 2. The lowest BCUT2D eigenvalue weighted by atomic mass is 10.0. The van der Waals surface area contributed by atoms with E-state index in [1.54, 1.807) is 25.2 Å². The Kier molecular flexibility index (Phi) is 3.57. The molecule has 0 saturated heterocycles. The van der Waals surface area contributed by atoms with Crippen molar-refractivity contribution >= 4 is 39.2 Å². The van der Waals surface area contributed by atoms with Crippen LogP contribution in [0.5, 0.6) is 0 Å². The van der Waals surface area contributed by atoms with Gasteiger partial charge in [0, 0.05) is 31.5 Å². The average molecular weight is 331 g/mol. The molecule has 0 radical (unpaired) electrons. The summed E-state index contributed by atoms with van der Waals surface area (Å²) in [5.41, 5.74) is 3.26. The van der Waals surface area contributed by atoms with Crippen LogP contribution >= 0.6 is 0 Å². The molecule has 0 saturated carbocycles. The van der Waals surface area contributed by atoms with Crippen molar-refractivity contribution in [2.45, 2.75) is 0 Å². The van der Waals surface area contributed by atoms with E-state index in [-0.39, 0.29) is 5.91 Å². The molecule has 1 amide bonds. The van der Waals surface area contributed by atoms with Gasteiger partial charge in [-0.3, -0.25) is 14.9 Å². The Morgan fingerprint density at radius 3 is 2.84 bits per heavy atom. The van der Waals surface area contributed by atoms with Crippen LogP contribution in [0.3, 0.4) is 0 Å². The number of anilines is 2. The van der Waals surface area contributed by atoms with Crippen molar-refractivity contribution in [1.82, 2.24) is 20.1 Å². The molecule has 4 aromatic rings. The molecule has 2 aromatic heterocycles. The number of hydrogen-bond acceptors (Lipinski definition) is 4. The number of amides is 1. The monoisotopic (exact) mass is 331 g/mol. The molecule has 0 fully saturated rings. The summed E-state index contributed by atoms with van der Waals surface area (Å²) < 4.78 is 0. The molecule has 0 atom stereocenters. The van der Waals surface area contributed by atoms with Crippen molar-refractivity contribution in [2.24, 2.45) is 0 Å². The van der Waals surface area contributed by atoms with Gasteiger partial charge in [-0.15, -0.1) is 0 Å². The number of H-pyrrole nitrogens is 1. The van der Waals surface area contributed by atoms with E-state index in [9.17, 15) is 4.79 Å². The van der Waals surface area contributed by atoms with E-state index in [0.29, 0.717) is 11.4 Å². The Morgan fingerprint density at radius 1 is 1.12 bits per heavy atom. The number of nitrogens with one attached hydrogen (secondary N) is 2. The molecule has 4 rings (SSSR count). The lowest BCUT2D eigenvalue weighted by Gasteiger charge is -2.13. The van der Waals surface area contributed by atoms with Crippen LogP contribution in [0.25, 0.3) is 21.8 Å². The fourth-order valence-corrected chi connectivity index (χ4v) is 2.87. The summed E-state index contributed by atoms with van der Waals surface area (Å²) in [6, 6.07) is 15.4. The molecule has 0 aliphatic rings. The highest BCUT2D eigenvalue weighted by Crippen LogP contribution is 2.27. The van der Waals surface area contributed by atoms with Gasteiger partial charge in [0.25, 0.3) is 5.91 Å². The number of fused-ring (bicyclic) bond motifs is 2. The molecular weight excluding hydrogens is 314 g/mol. The van der Waals surface area contributed by atoms with Crippen LogP contribution in [-0.4, -0.2) is 40.1 Å². The largest absolute Gasteiger partial charge is 0.345 e. The van der Waals surface area contributed by atoms with Gasteiger partial charge in [-0.05, 0) is 41.1 Å². The van der Waals surface area contributed by atoms with Crippen LogP contribution in [0.4, 0.5) is 11.5 Å². The van der Waals surface area contributed by atoms with E-state index in [1.807, 2.05) is 48.5 Å². The van der Waals surface area contributed by atoms with E-state index in [0.717, 1.165) is 27.5 Å². The molecule has 0 aliphatic heterocycles. The summed E-state index contributed by atoms with van der Waals surface area (Å²) >= 11 is 0. The first kappa shape index (κ1) is 15.1. The molecule has 6 heteroatoms. The minimum Gasteiger partial charge on any atom is -0.345 e. The molecule has 0 unspecified atom stereocenters. The van der Waals surface area contributed by atoms with Gasteiger partial charge in [0.2, 0.25) is 0 Å². The maximum atomic E-state index is 12.3. The molecule has 0 bridgehead atoms. The third kappa shape index (κ3) is 2.67.